The number of carbonyl (C=O) groups excluding carboxylic acids is 6. The number of rotatable bonds is 93. The van der Waals surface area contributed by atoms with Crippen LogP contribution in [0.4, 0.5) is 0 Å². The summed E-state index contributed by atoms with van der Waals surface area (Å²) in [4.78, 5) is 65.6. The lowest BCUT2D eigenvalue weighted by Gasteiger charge is -2.01. The van der Waals surface area contributed by atoms with Crippen LogP contribution in [-0.2, 0) is 66.7 Å². The van der Waals surface area contributed by atoms with E-state index in [1.807, 2.05) is 0 Å². The normalized spacial score (nSPS) is 14.2. The molecule has 17 nitrogen and oxygen atoms in total. The molecule has 0 aromatic rings. The van der Waals surface area contributed by atoms with Crippen molar-refractivity contribution in [2.24, 2.45) is 0 Å². The van der Waals surface area contributed by atoms with Crippen LogP contribution in [-0.4, -0.2) is 138 Å². The number of methoxy groups -OCH3 is 6. The molecule has 774 valence electrons. The van der Waals surface area contributed by atoms with Crippen LogP contribution in [0.15, 0.2) is 48.6 Å². The molecule has 2 saturated heterocycles. The second kappa shape index (κ2) is 118. The molecule has 0 bridgehead atoms. The van der Waals surface area contributed by atoms with E-state index in [0.29, 0.717) is 82.8 Å². The van der Waals surface area contributed by atoms with Crippen LogP contribution >= 0.6 is 0 Å². The van der Waals surface area contributed by atoms with E-state index in [4.69, 9.17) is 24.8 Å². The molecule has 0 aromatic heterocycles. The first-order valence-electron chi connectivity index (χ1n) is 55.4. The fourth-order valence-electron chi connectivity index (χ4n) is 16.0. The van der Waals surface area contributed by atoms with Gasteiger partial charge in [-0.05, 0) is 186 Å². The molecule has 0 aromatic carbocycles. The van der Waals surface area contributed by atoms with Crippen molar-refractivity contribution in [2.75, 3.05) is 62.5 Å². The Kier molecular flexibility index (Phi) is 120. The van der Waals surface area contributed by atoms with Gasteiger partial charge in [0.1, 0.15) is 0 Å². The minimum Gasteiger partial charge on any atom is -0.469 e. The maximum Gasteiger partial charge on any atom is 0.305 e. The molecule has 2 fully saturated rings. The highest BCUT2D eigenvalue weighted by molar-refractivity contribution is 5.70. The average Bonchev–Trinajstić information content (AvgIpc) is 1.71. The number of esters is 6. The van der Waals surface area contributed by atoms with Crippen LogP contribution in [0, 0.1) is 0 Å². The van der Waals surface area contributed by atoms with Crippen molar-refractivity contribution in [1.29, 1.82) is 0 Å². The molecule has 4 unspecified atom stereocenters. The Morgan fingerprint density at radius 3 is 0.443 bits per heavy atom. The zero-order valence-electron chi connectivity index (χ0n) is 87.5. The zero-order chi connectivity index (χ0) is 96.6. The number of hydrogen-bond donors (Lipinski definition) is 3. The SMILES string of the molecule is CCCCCCCC/C=C/CCCCCCCC(=O)OC.CCCCCCCC/C=C\CCCCCCCC(=O)OC.CCCCCCCCC1OC1CCCCCCCC(=O)OC.COC(=O)CCCCCCC/C=C/CCCCCCCCO.COC(=O)CCCCCCC/C=C\CCCCCCCCO.COC(=O)CCCCCCCC1OC1CCCCCCCCO. The standard InChI is InChI=1S/C19H36O4.3C19H36O3.2C19H36O2/c1-22-19(21)15-11-7-4-6-10-14-18-17(23-18)13-9-5-2-3-8-12-16-20;1-3-4-5-6-8-11-14-17-18(22-17)15-12-9-7-10-13-16-19(20)21-2;2*1-22-19(21)17-15-13-11-9-7-5-3-2-4-6-8-10-12-14-16-18-20;2*1-3-4-5-6-7-8-9-10-11-12-13-14-15-16-17-18-19(20)21-2/h17-18,20H,2-16H2,1H3;17-18H,3-16H2,1-2H3;2*2-3,20H,4-18H2,1H3;2*10-11H,3-9,12-18H2,1-2H3/b;;3-2+;3-2-;11-10+;11-10-. The molecule has 2 heterocycles. The van der Waals surface area contributed by atoms with Gasteiger partial charge in [0.05, 0.1) is 67.1 Å². The summed E-state index contributed by atoms with van der Waals surface area (Å²) in [5.41, 5.74) is 0. The van der Waals surface area contributed by atoms with Crippen LogP contribution in [0.3, 0.4) is 0 Å². The molecule has 4 atom stereocenters. The van der Waals surface area contributed by atoms with Gasteiger partial charge >= 0.3 is 35.8 Å². The minimum atomic E-state index is -0.0902. The molecule has 0 amide bonds. The third-order valence-electron chi connectivity index (χ3n) is 24.9. The lowest BCUT2D eigenvalue weighted by molar-refractivity contribution is -0.141. The second-order valence-electron chi connectivity index (χ2n) is 37.2. The quantitative estimate of drug-likeness (QED) is 0.0168. The average molecular weight is 1860 g/mol. The fraction of sp³-hybridized carbons (Fsp3) is 0.877. The van der Waals surface area contributed by atoms with Crippen molar-refractivity contribution in [2.45, 2.75) is 585 Å². The van der Waals surface area contributed by atoms with Crippen LogP contribution in [0.5, 0.6) is 0 Å². The Hall–Kier alpha value is -4.42. The summed E-state index contributed by atoms with van der Waals surface area (Å²) in [6.07, 6.45) is 121. The Balaban J connectivity index is -0.000000739. The van der Waals surface area contributed by atoms with E-state index < -0.39 is 0 Å². The van der Waals surface area contributed by atoms with E-state index in [2.05, 4.69) is 97.8 Å². The monoisotopic (exact) mass is 1860 g/mol. The molecule has 2 aliphatic rings. The highest BCUT2D eigenvalue weighted by Gasteiger charge is 2.37. The predicted molar refractivity (Wildman–Crippen MR) is 552 cm³/mol. The van der Waals surface area contributed by atoms with Gasteiger partial charge in [-0.2, -0.15) is 0 Å². The van der Waals surface area contributed by atoms with Crippen molar-refractivity contribution < 1.29 is 82.0 Å². The highest BCUT2D eigenvalue weighted by atomic mass is 16.6. The van der Waals surface area contributed by atoms with Gasteiger partial charge in [0.15, 0.2) is 0 Å². The van der Waals surface area contributed by atoms with Gasteiger partial charge in [-0.15, -0.1) is 0 Å². The van der Waals surface area contributed by atoms with Gasteiger partial charge < -0.3 is 53.2 Å². The Labute approximate surface area is 808 Å². The van der Waals surface area contributed by atoms with Gasteiger partial charge in [-0.1, -0.05) is 384 Å². The van der Waals surface area contributed by atoms with Crippen LogP contribution in [0.2, 0.25) is 0 Å². The topological polar surface area (TPSA) is 244 Å². The number of unbranched alkanes of at least 4 members (excludes halogenated alkanes) is 62. The maximum atomic E-state index is 11.0. The number of carbonyl (C=O) groups is 6. The largest absolute Gasteiger partial charge is 0.469 e. The number of allylic oxidation sites excluding steroid dienone is 8. The van der Waals surface area contributed by atoms with Gasteiger partial charge in [0, 0.05) is 58.3 Å². The first-order valence-corrected chi connectivity index (χ1v) is 55.4. The lowest BCUT2D eigenvalue weighted by Crippen LogP contribution is -1.99. The van der Waals surface area contributed by atoms with E-state index in [1.165, 1.54) is 447 Å². The van der Waals surface area contributed by atoms with Gasteiger partial charge in [0.2, 0.25) is 0 Å². The first-order chi connectivity index (χ1) is 64.3. The van der Waals surface area contributed by atoms with Gasteiger partial charge in [0.25, 0.3) is 0 Å². The number of aliphatic hydroxyl groups excluding tert-OH is 3. The van der Waals surface area contributed by atoms with Crippen molar-refractivity contribution in [3.63, 3.8) is 0 Å². The van der Waals surface area contributed by atoms with Gasteiger partial charge in [-0.25, -0.2) is 0 Å². The summed E-state index contributed by atoms with van der Waals surface area (Å²) in [5.74, 6) is -0.496. The van der Waals surface area contributed by atoms with Crippen molar-refractivity contribution >= 4 is 35.8 Å². The predicted octanol–water partition coefficient (Wildman–Crippen LogP) is 32.5. The van der Waals surface area contributed by atoms with Crippen molar-refractivity contribution in [3.8, 4) is 0 Å². The van der Waals surface area contributed by atoms with E-state index in [-0.39, 0.29) is 35.8 Å². The molecule has 0 spiro atoms. The molecule has 2 aliphatic heterocycles. The van der Waals surface area contributed by atoms with E-state index in [1.54, 1.807) is 0 Å². The number of epoxide rings is 2. The van der Waals surface area contributed by atoms with E-state index in [0.717, 1.165) is 96.3 Å². The molecule has 2 rings (SSSR count). The second-order valence-corrected chi connectivity index (χ2v) is 37.2. The lowest BCUT2D eigenvalue weighted by atomic mass is 10.0. The van der Waals surface area contributed by atoms with Gasteiger partial charge in [-0.3, -0.25) is 28.8 Å². The maximum absolute atomic E-state index is 11.0. The number of hydrogen-bond acceptors (Lipinski definition) is 17. The van der Waals surface area contributed by atoms with E-state index >= 15 is 0 Å². The third-order valence-corrected chi connectivity index (χ3v) is 24.9. The Morgan fingerprint density at radius 1 is 0.183 bits per heavy atom. The molecule has 3 N–H and O–H groups in total. The van der Waals surface area contributed by atoms with E-state index in [9.17, 15) is 28.8 Å². The number of ether oxygens (including phenoxy) is 8. The molecule has 0 aliphatic carbocycles. The zero-order valence-corrected chi connectivity index (χ0v) is 87.5. The summed E-state index contributed by atoms with van der Waals surface area (Å²) < 4.78 is 39.2. The minimum absolute atomic E-state index is 0.0763. The van der Waals surface area contributed by atoms with Crippen molar-refractivity contribution in [1.82, 2.24) is 0 Å². The molecular weight excluding hydrogens is 1640 g/mol. The Bertz CT molecular complexity index is 2320. The molecule has 17 heteroatoms. The summed E-state index contributed by atoms with van der Waals surface area (Å²) in [5, 5.41) is 26.1. The third kappa shape index (κ3) is 120. The Morgan fingerprint density at radius 2 is 0.305 bits per heavy atom. The number of aliphatic hydroxyl groups is 3. The van der Waals surface area contributed by atoms with Crippen LogP contribution in [0.1, 0.15) is 560 Å². The molecule has 131 heavy (non-hydrogen) atoms. The molecule has 0 saturated carbocycles. The summed E-state index contributed by atoms with van der Waals surface area (Å²) in [6, 6.07) is 0. The highest BCUT2D eigenvalue weighted by Crippen LogP contribution is 2.34. The van der Waals surface area contributed by atoms with Crippen molar-refractivity contribution in [3.05, 3.63) is 48.6 Å². The summed E-state index contributed by atoms with van der Waals surface area (Å²) in [6.45, 7) is 7.82. The summed E-state index contributed by atoms with van der Waals surface area (Å²) >= 11 is 0. The van der Waals surface area contributed by atoms with Crippen LogP contribution in [0.25, 0.3) is 0 Å². The first kappa shape index (κ1) is 133. The smallest absolute Gasteiger partial charge is 0.305 e. The van der Waals surface area contributed by atoms with Crippen LogP contribution < -0.4 is 0 Å². The molecule has 0 radical (unpaired) electrons. The fourth-order valence-corrected chi connectivity index (χ4v) is 16.0. The molecular formula is C114H216O17. The summed E-state index contributed by atoms with van der Waals surface area (Å²) in [7, 11) is 8.73.